The molecule has 0 aromatic carbocycles. The molecule has 0 saturated heterocycles. The monoisotopic (exact) mass is 139 g/mol. The van der Waals surface area contributed by atoms with Gasteiger partial charge in [-0.25, -0.2) is 0 Å². The van der Waals surface area contributed by atoms with E-state index in [9.17, 15) is 4.79 Å². The molecule has 0 fully saturated rings. The molecule has 0 aliphatic carbocycles. The third kappa shape index (κ3) is 2.21. The second-order valence-electron chi connectivity index (χ2n) is 1.42. The van der Waals surface area contributed by atoms with E-state index in [0.717, 1.165) is 0 Å². The van der Waals surface area contributed by atoms with E-state index in [-0.39, 0.29) is 11.5 Å². The van der Waals surface area contributed by atoms with Gasteiger partial charge < -0.3 is 5.73 Å². The summed E-state index contributed by atoms with van der Waals surface area (Å²) in [4.78, 5) is 17.3. The highest BCUT2D eigenvalue weighted by Crippen LogP contribution is 1.76. The number of nitrogens with two attached hydrogens (primary N) is 1. The number of carbonyl (C=O) groups excluding carboxylic acids is 1. The molecule has 0 aliphatic rings. The first-order valence-electron chi connectivity index (χ1n) is 2.62. The highest BCUT2D eigenvalue weighted by Gasteiger charge is 1.98. The Morgan fingerprint density at radius 2 is 2.30 bits per heavy atom. The lowest BCUT2D eigenvalue weighted by Gasteiger charge is -1.92. The molecule has 2 N–H and O–H groups in total. The van der Waals surface area contributed by atoms with Crippen LogP contribution in [0.15, 0.2) is 22.8 Å². The van der Waals surface area contributed by atoms with Gasteiger partial charge >= 0.3 is 0 Å². The molecule has 0 atom stereocenters. The zero-order chi connectivity index (χ0) is 7.98. The van der Waals surface area contributed by atoms with Gasteiger partial charge in [-0.15, -0.1) is 0 Å². The average Bonchev–Trinajstić information content (AvgIpc) is 1.99. The first-order valence-corrected chi connectivity index (χ1v) is 2.62. The summed E-state index contributed by atoms with van der Waals surface area (Å²) in [5, 5.41) is 0. The molecule has 0 aromatic rings. The summed E-state index contributed by atoms with van der Waals surface area (Å²) in [6, 6.07) is 0. The zero-order valence-corrected chi connectivity index (χ0v) is 5.74. The van der Waals surface area contributed by atoms with E-state index >= 15 is 0 Å². The van der Waals surface area contributed by atoms with Crippen LogP contribution < -0.4 is 5.73 Å². The quantitative estimate of drug-likeness (QED) is 0.333. The second kappa shape index (κ2) is 4.43. The Labute approximate surface area is 59.2 Å². The Kier molecular flexibility index (Phi) is 3.79. The topological polar surface area (TPSA) is 67.8 Å². The molecule has 4 heteroatoms. The molecule has 0 saturated carbocycles. The zero-order valence-electron chi connectivity index (χ0n) is 5.74. The third-order valence-corrected chi connectivity index (χ3v) is 0.845. The van der Waals surface area contributed by atoms with Gasteiger partial charge in [-0.3, -0.25) is 14.8 Å². The van der Waals surface area contributed by atoms with Crippen molar-refractivity contribution in [2.24, 2.45) is 15.7 Å². The highest BCUT2D eigenvalue weighted by molar-refractivity contribution is 6.60. The molecular formula is C6H9N3O. The first kappa shape index (κ1) is 8.55. The number of aliphatic imine (C=N–C) groups is 2. The maximum atomic E-state index is 10.2. The van der Waals surface area contributed by atoms with Crippen LogP contribution in [-0.4, -0.2) is 24.9 Å². The van der Waals surface area contributed by atoms with Gasteiger partial charge in [-0.2, -0.15) is 0 Å². The van der Waals surface area contributed by atoms with E-state index in [2.05, 4.69) is 16.6 Å². The van der Waals surface area contributed by atoms with Gasteiger partial charge in [-0.1, -0.05) is 6.58 Å². The molecule has 0 bridgehead atoms. The lowest BCUT2D eigenvalue weighted by molar-refractivity contribution is -0.102. The molecule has 4 nitrogen and oxygen atoms in total. The summed E-state index contributed by atoms with van der Waals surface area (Å²) in [7, 11) is 1.48. The Bertz CT molecular complexity index is 193. The summed E-state index contributed by atoms with van der Waals surface area (Å²) in [5.41, 5.74) is 5.36. The van der Waals surface area contributed by atoms with Crippen LogP contribution in [0.1, 0.15) is 0 Å². The van der Waals surface area contributed by atoms with Crippen LogP contribution in [-0.2, 0) is 4.79 Å². The van der Waals surface area contributed by atoms with Crippen molar-refractivity contribution in [2.45, 2.75) is 0 Å². The number of aldehydes is 1. The van der Waals surface area contributed by atoms with Crippen molar-refractivity contribution < 1.29 is 4.79 Å². The Morgan fingerprint density at radius 3 is 2.60 bits per heavy atom. The molecule has 10 heavy (non-hydrogen) atoms. The van der Waals surface area contributed by atoms with Crippen LogP contribution in [0.25, 0.3) is 0 Å². The summed E-state index contributed by atoms with van der Waals surface area (Å²) in [6.07, 6.45) is 1.77. The summed E-state index contributed by atoms with van der Waals surface area (Å²) >= 11 is 0. The van der Waals surface area contributed by atoms with Crippen LogP contribution in [0.3, 0.4) is 0 Å². The fourth-order valence-corrected chi connectivity index (χ4v) is 0.370. The lowest BCUT2D eigenvalue weighted by Crippen LogP contribution is -2.24. The minimum absolute atomic E-state index is 0.109. The predicted molar refractivity (Wildman–Crippen MR) is 41.2 cm³/mol. The molecule has 0 spiro atoms. The molecule has 0 aliphatic heterocycles. The van der Waals surface area contributed by atoms with E-state index in [1.807, 2.05) is 0 Å². The maximum absolute atomic E-state index is 10.2. The molecule has 0 heterocycles. The highest BCUT2D eigenvalue weighted by atomic mass is 16.1. The number of hydrogen-bond donors (Lipinski definition) is 1. The van der Waals surface area contributed by atoms with Crippen molar-refractivity contribution in [3.05, 3.63) is 12.8 Å². The molecule has 0 unspecified atom stereocenters. The van der Waals surface area contributed by atoms with Crippen LogP contribution >= 0.6 is 0 Å². The van der Waals surface area contributed by atoms with Crippen molar-refractivity contribution in [3.8, 4) is 0 Å². The standard InChI is InChI=1S/C6H9N3O/c1-3-9-5(4-10)6(7)8-2/h3-4H,1H2,2H3,(H2,7,8). The van der Waals surface area contributed by atoms with Gasteiger partial charge in [0.15, 0.2) is 6.29 Å². The van der Waals surface area contributed by atoms with E-state index in [1.54, 1.807) is 0 Å². The van der Waals surface area contributed by atoms with Crippen molar-refractivity contribution in [1.29, 1.82) is 0 Å². The molecule has 0 rings (SSSR count). The normalized spacial score (nSPS) is 12.9. The molecular weight excluding hydrogens is 130 g/mol. The van der Waals surface area contributed by atoms with Crippen molar-refractivity contribution in [3.63, 3.8) is 0 Å². The smallest absolute Gasteiger partial charge is 0.172 e. The van der Waals surface area contributed by atoms with Gasteiger partial charge in [-0.05, 0) is 0 Å². The minimum Gasteiger partial charge on any atom is -0.382 e. The van der Waals surface area contributed by atoms with Gasteiger partial charge in [0.25, 0.3) is 0 Å². The van der Waals surface area contributed by atoms with Crippen LogP contribution in [0.5, 0.6) is 0 Å². The maximum Gasteiger partial charge on any atom is 0.172 e. The van der Waals surface area contributed by atoms with Gasteiger partial charge in [0.05, 0.1) is 0 Å². The van der Waals surface area contributed by atoms with Crippen LogP contribution in [0.4, 0.5) is 0 Å². The van der Waals surface area contributed by atoms with Gasteiger partial charge in [0.1, 0.15) is 11.5 Å². The van der Waals surface area contributed by atoms with Gasteiger partial charge in [0, 0.05) is 13.2 Å². The minimum atomic E-state index is 0.109. The van der Waals surface area contributed by atoms with E-state index in [4.69, 9.17) is 5.73 Å². The second-order valence-corrected chi connectivity index (χ2v) is 1.42. The fraction of sp³-hybridized carbons (Fsp3) is 0.167. The van der Waals surface area contributed by atoms with E-state index in [0.29, 0.717) is 6.29 Å². The fourth-order valence-electron chi connectivity index (χ4n) is 0.370. The van der Waals surface area contributed by atoms with Crippen molar-refractivity contribution >= 4 is 17.8 Å². The lowest BCUT2D eigenvalue weighted by atomic mass is 10.4. The number of carbonyl (C=O) groups is 1. The Balaban J connectivity index is 4.51. The summed E-state index contributed by atoms with van der Waals surface area (Å²) in [5.74, 6) is 0.120. The number of rotatable bonds is 3. The summed E-state index contributed by atoms with van der Waals surface area (Å²) in [6.45, 7) is 3.31. The van der Waals surface area contributed by atoms with E-state index in [1.165, 1.54) is 13.2 Å². The number of hydrogen-bond acceptors (Lipinski definition) is 3. The van der Waals surface area contributed by atoms with Gasteiger partial charge in [0.2, 0.25) is 0 Å². The Morgan fingerprint density at radius 1 is 1.70 bits per heavy atom. The molecule has 0 amide bonds. The molecule has 54 valence electrons. The SMILES string of the molecule is C=CN=C(C=O)C(N)=NC. The third-order valence-electron chi connectivity index (χ3n) is 0.845. The van der Waals surface area contributed by atoms with Crippen molar-refractivity contribution in [2.75, 3.05) is 7.05 Å². The summed E-state index contributed by atoms with van der Waals surface area (Å²) < 4.78 is 0. The van der Waals surface area contributed by atoms with Crippen molar-refractivity contribution in [1.82, 2.24) is 0 Å². The molecule has 0 radical (unpaired) electrons. The Hall–Kier alpha value is -1.45. The predicted octanol–water partition coefficient (Wildman–Crippen LogP) is -0.243. The average molecular weight is 139 g/mol. The number of nitrogens with zero attached hydrogens (tertiary/aromatic N) is 2. The molecule has 0 aromatic heterocycles. The van der Waals surface area contributed by atoms with E-state index < -0.39 is 0 Å². The largest absolute Gasteiger partial charge is 0.382 e. The first-order chi connectivity index (χ1) is 4.76. The number of amidine groups is 1. The van der Waals surface area contributed by atoms with Crippen LogP contribution in [0.2, 0.25) is 0 Å². The van der Waals surface area contributed by atoms with Crippen LogP contribution in [0, 0.1) is 0 Å².